The maximum absolute atomic E-state index is 9.10. The van der Waals surface area contributed by atoms with Crippen molar-refractivity contribution in [1.29, 1.82) is 0 Å². The van der Waals surface area contributed by atoms with E-state index in [-0.39, 0.29) is 6.10 Å². The smallest absolute Gasteiger partial charge is 0.0540 e. The van der Waals surface area contributed by atoms with Crippen molar-refractivity contribution in [3.05, 3.63) is 0 Å². The van der Waals surface area contributed by atoms with E-state index in [2.05, 4.69) is 6.92 Å². The van der Waals surface area contributed by atoms with Crippen LogP contribution in [-0.2, 0) is 0 Å². The maximum atomic E-state index is 9.10. The van der Waals surface area contributed by atoms with Gasteiger partial charge in [-0.1, -0.05) is 13.8 Å². The fraction of sp³-hybridized carbons (Fsp3) is 1.00. The van der Waals surface area contributed by atoms with E-state index in [1.165, 1.54) is 0 Å². The highest BCUT2D eigenvalue weighted by atomic mass is 16.3. The Hall–Kier alpha value is -0.0800. The van der Waals surface area contributed by atoms with E-state index in [0.717, 1.165) is 12.8 Å². The first-order chi connectivity index (χ1) is 4.20. The van der Waals surface area contributed by atoms with Gasteiger partial charge in [0, 0.05) is 0 Å². The van der Waals surface area contributed by atoms with E-state index < -0.39 is 0 Å². The molecule has 0 amide bonds. The summed E-state index contributed by atoms with van der Waals surface area (Å²) in [7, 11) is 0. The first kappa shape index (κ1) is 8.92. The molecule has 0 fully saturated rings. The minimum Gasteiger partial charge on any atom is -0.393 e. The summed E-state index contributed by atoms with van der Waals surface area (Å²) in [5.41, 5.74) is 5.36. The zero-order valence-electron chi connectivity index (χ0n) is 6.30. The van der Waals surface area contributed by atoms with Crippen LogP contribution in [0.4, 0.5) is 0 Å². The van der Waals surface area contributed by atoms with Crippen LogP contribution in [0.2, 0.25) is 0 Å². The summed E-state index contributed by atoms with van der Waals surface area (Å²) in [4.78, 5) is 0. The van der Waals surface area contributed by atoms with Crippen molar-refractivity contribution in [2.45, 2.75) is 32.8 Å². The Labute approximate surface area is 57.1 Å². The van der Waals surface area contributed by atoms with Gasteiger partial charge in [-0.3, -0.25) is 0 Å². The summed E-state index contributed by atoms with van der Waals surface area (Å²) in [5.74, 6) is 0.458. The lowest BCUT2D eigenvalue weighted by molar-refractivity contribution is 0.143. The van der Waals surface area contributed by atoms with Crippen LogP contribution in [0.15, 0.2) is 0 Å². The molecule has 0 aliphatic heterocycles. The van der Waals surface area contributed by atoms with E-state index in [9.17, 15) is 0 Å². The van der Waals surface area contributed by atoms with Crippen molar-refractivity contribution in [3.63, 3.8) is 0 Å². The molecule has 0 heterocycles. The number of nitrogens with two attached hydrogens (primary N) is 1. The Balaban J connectivity index is 3.22. The molecule has 0 radical (unpaired) electrons. The number of hydrogen-bond acceptors (Lipinski definition) is 2. The Kier molecular flexibility index (Phi) is 4.72. The second-order valence-corrected chi connectivity index (χ2v) is 2.64. The molecule has 2 atom stereocenters. The highest BCUT2D eigenvalue weighted by Crippen LogP contribution is 2.05. The molecule has 0 saturated carbocycles. The van der Waals surface area contributed by atoms with Crippen molar-refractivity contribution < 1.29 is 5.11 Å². The van der Waals surface area contributed by atoms with Gasteiger partial charge in [0.1, 0.15) is 0 Å². The van der Waals surface area contributed by atoms with Crippen molar-refractivity contribution in [3.8, 4) is 0 Å². The second kappa shape index (κ2) is 4.77. The van der Waals surface area contributed by atoms with Gasteiger partial charge in [0.05, 0.1) is 6.10 Å². The first-order valence-corrected chi connectivity index (χ1v) is 3.58. The quantitative estimate of drug-likeness (QED) is 0.591. The van der Waals surface area contributed by atoms with Crippen LogP contribution >= 0.6 is 0 Å². The largest absolute Gasteiger partial charge is 0.393 e. The number of hydrogen-bond donors (Lipinski definition) is 2. The monoisotopic (exact) mass is 131 g/mol. The third kappa shape index (κ3) is 4.43. The summed E-state index contributed by atoms with van der Waals surface area (Å²) in [5, 5.41) is 9.10. The standard InChI is InChI=1S/C7H17NO/c1-3-7(9)4-6(2)5-8/h6-7,9H,3-5,8H2,1-2H3/t6?,7-/m1/s1. The van der Waals surface area contributed by atoms with Crippen LogP contribution in [0, 0.1) is 5.92 Å². The fourth-order valence-corrected chi connectivity index (χ4v) is 0.727. The Morgan fingerprint density at radius 2 is 2.11 bits per heavy atom. The SMILES string of the molecule is CC[C@@H](O)CC(C)CN. The zero-order valence-corrected chi connectivity index (χ0v) is 6.30. The molecule has 9 heavy (non-hydrogen) atoms. The number of aliphatic hydroxyl groups is 1. The summed E-state index contributed by atoms with van der Waals surface area (Å²) >= 11 is 0. The van der Waals surface area contributed by atoms with E-state index in [1.807, 2.05) is 6.92 Å². The van der Waals surface area contributed by atoms with Gasteiger partial charge in [-0.05, 0) is 25.3 Å². The van der Waals surface area contributed by atoms with Gasteiger partial charge in [0.25, 0.3) is 0 Å². The zero-order chi connectivity index (χ0) is 7.28. The summed E-state index contributed by atoms with van der Waals surface area (Å²) in [6, 6.07) is 0. The highest BCUT2D eigenvalue weighted by Gasteiger charge is 2.05. The fourth-order valence-electron chi connectivity index (χ4n) is 0.727. The molecule has 0 aromatic heterocycles. The Bertz CT molecular complexity index is 57.9. The normalized spacial score (nSPS) is 17.3. The molecule has 56 valence electrons. The van der Waals surface area contributed by atoms with E-state index in [0.29, 0.717) is 12.5 Å². The lowest BCUT2D eigenvalue weighted by Gasteiger charge is -2.11. The lowest BCUT2D eigenvalue weighted by atomic mass is 10.0. The summed E-state index contributed by atoms with van der Waals surface area (Å²) < 4.78 is 0. The third-order valence-corrected chi connectivity index (χ3v) is 1.55. The molecule has 0 saturated heterocycles. The average Bonchev–Trinajstić information content (AvgIpc) is 1.87. The van der Waals surface area contributed by atoms with Crippen LogP contribution in [0.1, 0.15) is 26.7 Å². The van der Waals surface area contributed by atoms with Gasteiger partial charge in [-0.15, -0.1) is 0 Å². The van der Waals surface area contributed by atoms with E-state index in [4.69, 9.17) is 10.8 Å². The molecule has 0 aliphatic rings. The molecule has 0 aromatic carbocycles. The van der Waals surface area contributed by atoms with Gasteiger partial charge in [-0.2, -0.15) is 0 Å². The van der Waals surface area contributed by atoms with Crippen LogP contribution < -0.4 is 5.73 Å². The molecule has 0 spiro atoms. The van der Waals surface area contributed by atoms with Crippen LogP contribution in [0.3, 0.4) is 0 Å². The van der Waals surface area contributed by atoms with Gasteiger partial charge < -0.3 is 10.8 Å². The Morgan fingerprint density at radius 1 is 1.56 bits per heavy atom. The molecule has 0 rings (SSSR count). The maximum Gasteiger partial charge on any atom is 0.0540 e. The average molecular weight is 131 g/mol. The van der Waals surface area contributed by atoms with Crippen molar-refractivity contribution in [2.24, 2.45) is 11.7 Å². The molecule has 2 nitrogen and oxygen atoms in total. The molecular formula is C7H17NO. The minimum absolute atomic E-state index is 0.149. The van der Waals surface area contributed by atoms with Crippen molar-refractivity contribution in [1.82, 2.24) is 0 Å². The van der Waals surface area contributed by atoms with E-state index in [1.54, 1.807) is 0 Å². The van der Waals surface area contributed by atoms with Gasteiger partial charge >= 0.3 is 0 Å². The summed E-state index contributed by atoms with van der Waals surface area (Å²) in [6.45, 7) is 4.71. The first-order valence-electron chi connectivity index (χ1n) is 3.58. The van der Waals surface area contributed by atoms with E-state index >= 15 is 0 Å². The number of aliphatic hydroxyl groups excluding tert-OH is 1. The summed E-state index contributed by atoms with van der Waals surface area (Å²) in [6.07, 6.45) is 1.53. The van der Waals surface area contributed by atoms with Crippen molar-refractivity contribution >= 4 is 0 Å². The molecule has 3 N–H and O–H groups in total. The molecular weight excluding hydrogens is 114 g/mol. The van der Waals surface area contributed by atoms with Gasteiger partial charge in [0.15, 0.2) is 0 Å². The van der Waals surface area contributed by atoms with Crippen LogP contribution in [0.5, 0.6) is 0 Å². The molecule has 1 unspecified atom stereocenters. The molecule has 0 aliphatic carbocycles. The third-order valence-electron chi connectivity index (χ3n) is 1.55. The predicted octanol–water partition coefficient (Wildman–Crippen LogP) is 0.742. The molecule has 2 heteroatoms. The Morgan fingerprint density at radius 3 is 2.44 bits per heavy atom. The van der Waals surface area contributed by atoms with Crippen LogP contribution in [0.25, 0.3) is 0 Å². The van der Waals surface area contributed by atoms with Gasteiger partial charge in [0.2, 0.25) is 0 Å². The van der Waals surface area contributed by atoms with Crippen LogP contribution in [-0.4, -0.2) is 17.8 Å². The predicted molar refractivity (Wildman–Crippen MR) is 39.1 cm³/mol. The minimum atomic E-state index is -0.149. The lowest BCUT2D eigenvalue weighted by Crippen LogP contribution is -2.17. The molecule has 0 bridgehead atoms. The van der Waals surface area contributed by atoms with Gasteiger partial charge in [-0.25, -0.2) is 0 Å². The number of rotatable bonds is 4. The topological polar surface area (TPSA) is 46.2 Å². The highest BCUT2D eigenvalue weighted by molar-refractivity contribution is 4.59. The second-order valence-electron chi connectivity index (χ2n) is 2.64. The molecule has 0 aromatic rings. The van der Waals surface area contributed by atoms with Crippen molar-refractivity contribution in [2.75, 3.05) is 6.54 Å².